The van der Waals surface area contributed by atoms with Crippen molar-refractivity contribution in [2.45, 2.75) is 31.3 Å². The zero-order valence-electron chi connectivity index (χ0n) is 11.8. The Labute approximate surface area is 124 Å². The molecule has 1 aliphatic carbocycles. The van der Waals surface area contributed by atoms with Gasteiger partial charge in [-0.2, -0.15) is 0 Å². The molecule has 1 heterocycles. The Kier molecular flexibility index (Phi) is 3.66. The van der Waals surface area contributed by atoms with Gasteiger partial charge in [0, 0.05) is 11.6 Å². The van der Waals surface area contributed by atoms with Crippen LogP contribution in [0, 0.1) is 18.3 Å². The summed E-state index contributed by atoms with van der Waals surface area (Å²) in [5.41, 5.74) is 0.639. The predicted octanol–water partition coefficient (Wildman–Crippen LogP) is 1.43. The quantitative estimate of drug-likeness (QED) is 0.853. The molecule has 0 radical (unpaired) electrons. The molecule has 3 atom stereocenters. The Morgan fingerprint density at radius 3 is 2.76 bits per heavy atom. The summed E-state index contributed by atoms with van der Waals surface area (Å²) in [4.78, 5) is 26.8. The molecule has 4 nitrogen and oxygen atoms in total. The lowest BCUT2D eigenvalue weighted by atomic mass is 9.97. The molecule has 1 saturated heterocycles. The number of hydrogen-bond donors (Lipinski definition) is 1. The lowest BCUT2D eigenvalue weighted by Gasteiger charge is -2.34. The molecule has 0 unspecified atom stereocenters. The second-order valence-electron chi connectivity index (χ2n) is 5.67. The fourth-order valence-electron chi connectivity index (χ4n) is 3.59. The first-order valence-corrected chi connectivity index (χ1v) is 7.31. The summed E-state index contributed by atoms with van der Waals surface area (Å²) in [6.45, 7) is 0.208. The third-order valence-electron chi connectivity index (χ3n) is 4.47. The molecule has 1 aromatic carbocycles. The van der Waals surface area contributed by atoms with Gasteiger partial charge in [-0.25, -0.2) is 0 Å². The highest BCUT2D eigenvalue weighted by Crippen LogP contribution is 2.43. The number of amides is 2. The van der Waals surface area contributed by atoms with Gasteiger partial charge in [0.1, 0.15) is 6.04 Å². The zero-order chi connectivity index (χ0) is 14.8. The molecular weight excluding hydrogens is 264 g/mol. The van der Waals surface area contributed by atoms with Gasteiger partial charge in [-0.05, 0) is 37.3 Å². The monoisotopic (exact) mass is 282 g/mol. The fourth-order valence-corrected chi connectivity index (χ4v) is 3.59. The molecule has 21 heavy (non-hydrogen) atoms. The number of piperidine rings is 1. The van der Waals surface area contributed by atoms with E-state index >= 15 is 0 Å². The largest absolute Gasteiger partial charge is 0.343 e. The number of carbonyl (C=O) groups is 2. The number of benzene rings is 1. The van der Waals surface area contributed by atoms with Crippen molar-refractivity contribution < 1.29 is 9.59 Å². The topological polar surface area (TPSA) is 49.4 Å². The first-order chi connectivity index (χ1) is 10.2. The summed E-state index contributed by atoms with van der Waals surface area (Å²) in [5.74, 6) is 2.50. The van der Waals surface area contributed by atoms with Crippen LogP contribution in [0.4, 0.5) is 0 Å². The Bertz CT molecular complexity index is 591. The Balaban J connectivity index is 1.83. The summed E-state index contributed by atoms with van der Waals surface area (Å²) < 4.78 is 0. The van der Waals surface area contributed by atoms with Crippen LogP contribution in [0.25, 0.3) is 0 Å². The molecule has 108 valence electrons. The number of rotatable bonds is 3. The van der Waals surface area contributed by atoms with Gasteiger partial charge in [-0.3, -0.25) is 9.59 Å². The van der Waals surface area contributed by atoms with Crippen LogP contribution in [-0.2, 0) is 4.79 Å². The summed E-state index contributed by atoms with van der Waals surface area (Å²) in [6.07, 6.45) is 8.11. The van der Waals surface area contributed by atoms with Crippen molar-refractivity contribution in [1.29, 1.82) is 0 Å². The first kappa shape index (κ1) is 13.7. The van der Waals surface area contributed by atoms with Gasteiger partial charge in [0.15, 0.2) is 0 Å². The van der Waals surface area contributed by atoms with E-state index in [4.69, 9.17) is 6.42 Å². The maximum absolute atomic E-state index is 12.7. The highest BCUT2D eigenvalue weighted by molar-refractivity contribution is 5.98. The lowest BCUT2D eigenvalue weighted by Crippen LogP contribution is -2.52. The molecule has 1 N–H and O–H groups in total. The number of carbonyl (C=O) groups excluding carboxylic acids is 2. The second-order valence-corrected chi connectivity index (χ2v) is 5.67. The highest BCUT2D eigenvalue weighted by Gasteiger charge is 2.51. The van der Waals surface area contributed by atoms with Gasteiger partial charge in [0.25, 0.3) is 5.91 Å². The lowest BCUT2D eigenvalue weighted by molar-refractivity contribution is -0.126. The molecule has 0 spiro atoms. The Morgan fingerprint density at radius 2 is 2.05 bits per heavy atom. The summed E-state index contributed by atoms with van der Waals surface area (Å²) in [6, 6.07) is 8.97. The fraction of sp³-hybridized carbons (Fsp3) is 0.412. The number of terminal acetylenes is 1. The molecule has 0 aromatic heterocycles. The minimum atomic E-state index is -0.371. The van der Waals surface area contributed by atoms with Crippen LogP contribution in [0.5, 0.6) is 0 Å². The zero-order valence-corrected chi connectivity index (χ0v) is 11.8. The first-order valence-electron chi connectivity index (χ1n) is 7.31. The number of nitrogens with one attached hydrogen (secondary N) is 1. The molecule has 4 heteroatoms. The number of hydrogen-bond acceptors (Lipinski definition) is 2. The van der Waals surface area contributed by atoms with E-state index in [2.05, 4.69) is 11.2 Å². The number of nitrogens with zero attached hydrogens (tertiary/aromatic N) is 1. The van der Waals surface area contributed by atoms with Crippen LogP contribution >= 0.6 is 0 Å². The Morgan fingerprint density at radius 1 is 1.29 bits per heavy atom. The van der Waals surface area contributed by atoms with Crippen molar-refractivity contribution in [2.24, 2.45) is 5.92 Å². The molecule has 1 saturated carbocycles. The van der Waals surface area contributed by atoms with E-state index < -0.39 is 0 Å². The normalized spacial score (nSPS) is 26.4. The summed E-state index contributed by atoms with van der Waals surface area (Å²) in [7, 11) is 0. The molecule has 1 aliphatic heterocycles. The molecule has 2 fully saturated rings. The van der Waals surface area contributed by atoms with Gasteiger partial charge in [-0.1, -0.05) is 24.1 Å². The van der Waals surface area contributed by atoms with Crippen LogP contribution in [0.15, 0.2) is 30.3 Å². The van der Waals surface area contributed by atoms with E-state index in [0.29, 0.717) is 5.56 Å². The van der Waals surface area contributed by atoms with Gasteiger partial charge < -0.3 is 10.2 Å². The maximum Gasteiger partial charge on any atom is 0.254 e. The van der Waals surface area contributed by atoms with E-state index in [0.717, 1.165) is 19.3 Å². The van der Waals surface area contributed by atoms with Crippen molar-refractivity contribution in [3.05, 3.63) is 35.9 Å². The van der Waals surface area contributed by atoms with Crippen LogP contribution in [0.3, 0.4) is 0 Å². The van der Waals surface area contributed by atoms with Gasteiger partial charge in [-0.15, -0.1) is 6.42 Å². The minimum absolute atomic E-state index is 0.0522. The minimum Gasteiger partial charge on any atom is -0.343 e. The van der Waals surface area contributed by atoms with E-state index in [1.165, 1.54) is 0 Å². The van der Waals surface area contributed by atoms with Crippen molar-refractivity contribution in [3.8, 4) is 12.3 Å². The third kappa shape index (κ3) is 2.40. The molecule has 1 aromatic rings. The van der Waals surface area contributed by atoms with Gasteiger partial charge >= 0.3 is 0 Å². The highest BCUT2D eigenvalue weighted by atomic mass is 16.2. The standard InChI is InChI=1S/C17H18N2O2/c1-2-10-18-16(20)15-13-8-9-14(11-13)19(15)17(21)12-6-4-3-5-7-12/h1,3-7,13-15H,8-11H2,(H,18,20)/t13-,14-,15+/m0/s1. The van der Waals surface area contributed by atoms with Gasteiger partial charge in [0.2, 0.25) is 5.91 Å². The SMILES string of the molecule is C#CCNC(=O)[C@H]1[C@H]2CC[C@@H](C2)N1C(=O)c1ccccc1. The van der Waals surface area contributed by atoms with Gasteiger partial charge in [0.05, 0.1) is 6.54 Å². The van der Waals surface area contributed by atoms with Crippen molar-refractivity contribution >= 4 is 11.8 Å². The van der Waals surface area contributed by atoms with Crippen LogP contribution in [-0.4, -0.2) is 35.3 Å². The van der Waals surface area contributed by atoms with Crippen LogP contribution in [0.1, 0.15) is 29.6 Å². The number of fused-ring (bicyclic) bond motifs is 2. The maximum atomic E-state index is 12.7. The van der Waals surface area contributed by atoms with Crippen LogP contribution < -0.4 is 5.32 Å². The average Bonchev–Trinajstić information content (AvgIpc) is 3.13. The van der Waals surface area contributed by atoms with Crippen molar-refractivity contribution in [3.63, 3.8) is 0 Å². The Hall–Kier alpha value is -2.28. The summed E-state index contributed by atoms with van der Waals surface area (Å²) in [5, 5.41) is 2.73. The molecular formula is C17H18N2O2. The summed E-state index contributed by atoms with van der Waals surface area (Å²) >= 11 is 0. The molecule has 2 aliphatic rings. The number of likely N-dealkylation sites (tertiary alicyclic amines) is 1. The van der Waals surface area contributed by atoms with E-state index in [-0.39, 0.29) is 36.4 Å². The second kappa shape index (κ2) is 5.61. The average molecular weight is 282 g/mol. The molecule has 2 bridgehead atoms. The van der Waals surface area contributed by atoms with Crippen molar-refractivity contribution in [1.82, 2.24) is 10.2 Å². The molecule has 2 amide bonds. The van der Waals surface area contributed by atoms with E-state index in [9.17, 15) is 9.59 Å². The van der Waals surface area contributed by atoms with E-state index in [1.807, 2.05) is 18.2 Å². The molecule has 3 rings (SSSR count). The smallest absolute Gasteiger partial charge is 0.254 e. The van der Waals surface area contributed by atoms with E-state index in [1.54, 1.807) is 17.0 Å². The third-order valence-corrected chi connectivity index (χ3v) is 4.47. The predicted molar refractivity (Wildman–Crippen MR) is 79.4 cm³/mol. The van der Waals surface area contributed by atoms with Crippen molar-refractivity contribution in [2.75, 3.05) is 6.54 Å². The van der Waals surface area contributed by atoms with Crippen LogP contribution in [0.2, 0.25) is 0 Å².